The van der Waals surface area contributed by atoms with Crippen LogP contribution in [-0.4, -0.2) is 86.1 Å². The monoisotopic (exact) mass is 385 g/mol. The van der Waals surface area contributed by atoms with Crippen molar-refractivity contribution < 1.29 is 9.47 Å². The van der Waals surface area contributed by atoms with Crippen LogP contribution in [0.3, 0.4) is 0 Å². The lowest BCUT2D eigenvalue weighted by molar-refractivity contribution is 0.121. The van der Waals surface area contributed by atoms with Crippen molar-refractivity contribution in [1.82, 2.24) is 19.9 Å². The van der Waals surface area contributed by atoms with E-state index < -0.39 is 0 Å². The summed E-state index contributed by atoms with van der Waals surface area (Å²) in [6.45, 7) is 8.82. The molecule has 0 aromatic carbocycles. The second-order valence-corrected chi connectivity index (χ2v) is 6.85. The molecule has 0 bridgehead atoms. The minimum absolute atomic E-state index is 0.601. The van der Waals surface area contributed by atoms with E-state index in [0.29, 0.717) is 44.1 Å². The van der Waals surface area contributed by atoms with Crippen LogP contribution in [0, 0.1) is 0 Å². The van der Waals surface area contributed by atoms with E-state index in [-0.39, 0.29) is 0 Å². The van der Waals surface area contributed by atoms with Crippen LogP contribution >= 0.6 is 0 Å². The van der Waals surface area contributed by atoms with Gasteiger partial charge in [0.1, 0.15) is 11.5 Å². The Bertz CT molecular complexity index is 755. The van der Waals surface area contributed by atoms with Gasteiger partial charge < -0.3 is 24.2 Å². The summed E-state index contributed by atoms with van der Waals surface area (Å²) >= 11 is 0. The summed E-state index contributed by atoms with van der Waals surface area (Å²) in [7, 11) is 2.03. The molecule has 9 heteroatoms. The van der Waals surface area contributed by atoms with Crippen LogP contribution in [0.5, 0.6) is 0 Å². The number of rotatable bonds is 5. The van der Waals surface area contributed by atoms with Crippen LogP contribution in [0.25, 0.3) is 11.5 Å². The standard InChI is InChI=1S/C19H27N7O2/c1-3-24(2)16-6-4-5-15(20-16)17-21-18(25-7-11-27-12-8-25)23-19(22-17)26-9-13-28-14-10-26/h4-6H,3,7-14H2,1-2H3. The fourth-order valence-corrected chi connectivity index (χ4v) is 3.20. The van der Waals surface area contributed by atoms with Crippen LogP contribution in [0.2, 0.25) is 0 Å². The number of aromatic nitrogens is 4. The smallest absolute Gasteiger partial charge is 0.230 e. The second kappa shape index (κ2) is 8.66. The zero-order valence-electron chi connectivity index (χ0n) is 16.5. The summed E-state index contributed by atoms with van der Waals surface area (Å²) in [6, 6.07) is 5.95. The van der Waals surface area contributed by atoms with Crippen LogP contribution in [0.4, 0.5) is 17.7 Å². The van der Waals surface area contributed by atoms with Crippen LogP contribution in [0.1, 0.15) is 6.92 Å². The van der Waals surface area contributed by atoms with Crippen molar-refractivity contribution in [2.45, 2.75) is 6.92 Å². The second-order valence-electron chi connectivity index (χ2n) is 6.85. The topological polar surface area (TPSA) is 79.7 Å². The molecule has 2 aromatic heterocycles. The predicted molar refractivity (Wildman–Crippen MR) is 108 cm³/mol. The number of anilines is 3. The summed E-state index contributed by atoms with van der Waals surface area (Å²) in [6.07, 6.45) is 0. The van der Waals surface area contributed by atoms with E-state index in [2.05, 4.69) is 21.6 Å². The van der Waals surface area contributed by atoms with Gasteiger partial charge in [0.25, 0.3) is 0 Å². The molecule has 0 amide bonds. The molecule has 4 heterocycles. The lowest BCUT2D eigenvalue weighted by Crippen LogP contribution is -2.40. The maximum Gasteiger partial charge on any atom is 0.230 e. The first-order chi connectivity index (χ1) is 13.7. The zero-order chi connectivity index (χ0) is 19.3. The van der Waals surface area contributed by atoms with Crippen molar-refractivity contribution in [2.24, 2.45) is 0 Å². The molecule has 2 aromatic rings. The molecule has 0 radical (unpaired) electrons. The Hall–Kier alpha value is -2.52. The first-order valence-electron chi connectivity index (χ1n) is 9.84. The van der Waals surface area contributed by atoms with E-state index in [9.17, 15) is 0 Å². The Balaban J connectivity index is 1.72. The summed E-state index contributed by atoms with van der Waals surface area (Å²) in [5.74, 6) is 2.88. The quantitative estimate of drug-likeness (QED) is 0.750. The molecule has 2 aliphatic heterocycles. The van der Waals surface area contributed by atoms with Gasteiger partial charge in [-0.25, -0.2) is 4.98 Å². The molecule has 0 spiro atoms. The summed E-state index contributed by atoms with van der Waals surface area (Å²) in [4.78, 5) is 25.4. The fraction of sp³-hybridized carbons (Fsp3) is 0.579. The van der Waals surface area contributed by atoms with Gasteiger partial charge >= 0.3 is 0 Å². The molecule has 0 saturated carbocycles. The fourth-order valence-electron chi connectivity index (χ4n) is 3.20. The van der Waals surface area contributed by atoms with Gasteiger partial charge in [0.2, 0.25) is 11.9 Å². The largest absolute Gasteiger partial charge is 0.378 e. The van der Waals surface area contributed by atoms with Gasteiger partial charge in [-0.1, -0.05) is 6.07 Å². The minimum atomic E-state index is 0.601. The SMILES string of the molecule is CCN(C)c1cccc(-c2nc(N3CCOCC3)nc(N3CCOCC3)n2)n1. The van der Waals surface area contributed by atoms with Crippen LogP contribution in [0.15, 0.2) is 18.2 Å². The number of hydrogen-bond acceptors (Lipinski definition) is 9. The van der Waals surface area contributed by atoms with Crippen molar-refractivity contribution in [3.05, 3.63) is 18.2 Å². The maximum absolute atomic E-state index is 5.48. The van der Waals surface area contributed by atoms with Crippen molar-refractivity contribution in [1.29, 1.82) is 0 Å². The first kappa shape index (κ1) is 18.8. The lowest BCUT2D eigenvalue weighted by Gasteiger charge is -2.30. The third-order valence-corrected chi connectivity index (χ3v) is 5.03. The summed E-state index contributed by atoms with van der Waals surface area (Å²) in [5.41, 5.74) is 0.754. The van der Waals surface area contributed by atoms with Gasteiger partial charge in [0.05, 0.1) is 26.4 Å². The van der Waals surface area contributed by atoms with E-state index in [4.69, 9.17) is 29.4 Å². The number of pyridine rings is 1. The molecular formula is C19H27N7O2. The van der Waals surface area contributed by atoms with E-state index >= 15 is 0 Å². The number of hydrogen-bond donors (Lipinski definition) is 0. The molecule has 0 aliphatic carbocycles. The minimum Gasteiger partial charge on any atom is -0.378 e. The Morgan fingerprint density at radius 3 is 1.96 bits per heavy atom. The molecule has 28 heavy (non-hydrogen) atoms. The van der Waals surface area contributed by atoms with Gasteiger partial charge in [-0.05, 0) is 19.1 Å². The van der Waals surface area contributed by atoms with E-state index in [1.54, 1.807) is 0 Å². The predicted octanol–water partition coefficient (Wildman–Crippen LogP) is 1.06. The number of nitrogens with zero attached hydrogens (tertiary/aromatic N) is 7. The highest BCUT2D eigenvalue weighted by Gasteiger charge is 2.21. The van der Waals surface area contributed by atoms with E-state index in [1.165, 1.54) is 0 Å². The van der Waals surface area contributed by atoms with Gasteiger partial charge in [-0.3, -0.25) is 0 Å². The molecule has 9 nitrogen and oxygen atoms in total. The molecule has 4 rings (SSSR count). The molecule has 2 fully saturated rings. The van der Waals surface area contributed by atoms with Gasteiger partial charge in [0, 0.05) is 39.8 Å². The molecule has 2 aliphatic rings. The van der Waals surface area contributed by atoms with Crippen LogP contribution in [-0.2, 0) is 9.47 Å². The number of ether oxygens (including phenoxy) is 2. The normalized spacial score (nSPS) is 17.6. The molecular weight excluding hydrogens is 358 g/mol. The Kier molecular flexibility index (Phi) is 5.82. The third-order valence-electron chi connectivity index (χ3n) is 5.03. The van der Waals surface area contributed by atoms with Gasteiger partial charge in [-0.15, -0.1) is 0 Å². The lowest BCUT2D eigenvalue weighted by atomic mass is 10.3. The molecule has 0 N–H and O–H groups in total. The Morgan fingerprint density at radius 1 is 0.857 bits per heavy atom. The Labute approximate surface area is 165 Å². The Morgan fingerprint density at radius 2 is 1.43 bits per heavy atom. The third kappa shape index (κ3) is 4.15. The molecule has 0 atom stereocenters. The first-order valence-corrected chi connectivity index (χ1v) is 9.84. The molecule has 150 valence electrons. The molecule has 2 saturated heterocycles. The van der Waals surface area contributed by atoms with Crippen LogP contribution < -0.4 is 14.7 Å². The summed E-state index contributed by atoms with van der Waals surface area (Å²) in [5, 5.41) is 0. The highest BCUT2D eigenvalue weighted by molar-refractivity contribution is 5.57. The van der Waals surface area contributed by atoms with Gasteiger partial charge in [-0.2, -0.15) is 15.0 Å². The van der Waals surface area contributed by atoms with E-state index in [0.717, 1.165) is 44.2 Å². The average molecular weight is 385 g/mol. The number of morpholine rings is 2. The van der Waals surface area contributed by atoms with Crippen molar-refractivity contribution >= 4 is 17.7 Å². The summed E-state index contributed by atoms with van der Waals surface area (Å²) < 4.78 is 11.0. The maximum atomic E-state index is 5.48. The van der Waals surface area contributed by atoms with Crippen molar-refractivity contribution in [2.75, 3.05) is 80.9 Å². The van der Waals surface area contributed by atoms with Crippen molar-refractivity contribution in [3.63, 3.8) is 0 Å². The average Bonchev–Trinajstić information content (AvgIpc) is 2.79. The highest BCUT2D eigenvalue weighted by atomic mass is 16.5. The zero-order valence-corrected chi connectivity index (χ0v) is 16.5. The molecule has 0 unspecified atom stereocenters. The van der Waals surface area contributed by atoms with Gasteiger partial charge in [0.15, 0.2) is 5.82 Å². The van der Waals surface area contributed by atoms with E-state index in [1.807, 2.05) is 25.2 Å². The highest BCUT2D eigenvalue weighted by Crippen LogP contribution is 2.23. The van der Waals surface area contributed by atoms with Crippen molar-refractivity contribution in [3.8, 4) is 11.5 Å².